The molecule has 6 heteroatoms. The summed E-state index contributed by atoms with van der Waals surface area (Å²) in [5, 5.41) is 14.1. The zero-order chi connectivity index (χ0) is 15.9. The number of aliphatic carboxylic acids is 1. The van der Waals surface area contributed by atoms with Crippen molar-refractivity contribution in [3.05, 3.63) is 29.8 Å². The molecule has 0 atom stereocenters. The first-order valence-corrected chi connectivity index (χ1v) is 6.73. The van der Waals surface area contributed by atoms with Crippen LogP contribution in [0.1, 0.15) is 25.8 Å². The molecule has 0 unspecified atom stereocenters. The summed E-state index contributed by atoms with van der Waals surface area (Å²) in [5.41, 5.74) is 0.302. The fourth-order valence-electron chi connectivity index (χ4n) is 1.89. The van der Waals surface area contributed by atoms with Gasteiger partial charge in [0.05, 0.1) is 13.5 Å². The second kappa shape index (κ2) is 7.52. The summed E-state index contributed by atoms with van der Waals surface area (Å²) in [6.07, 6.45) is 0.565. The smallest absolute Gasteiger partial charge is 0.315 e. The van der Waals surface area contributed by atoms with Crippen LogP contribution in [0.4, 0.5) is 4.79 Å². The van der Waals surface area contributed by atoms with Gasteiger partial charge >= 0.3 is 12.0 Å². The summed E-state index contributed by atoms with van der Waals surface area (Å²) in [5.74, 6) is -0.154. The molecule has 1 rings (SSSR count). The van der Waals surface area contributed by atoms with E-state index in [1.54, 1.807) is 21.0 Å². The van der Waals surface area contributed by atoms with Gasteiger partial charge in [0.2, 0.25) is 0 Å². The van der Waals surface area contributed by atoms with E-state index in [1.165, 1.54) is 0 Å². The Balaban J connectivity index is 2.34. The van der Waals surface area contributed by atoms with Gasteiger partial charge in [0.25, 0.3) is 0 Å². The van der Waals surface area contributed by atoms with Crippen LogP contribution >= 0.6 is 0 Å². The maximum absolute atomic E-state index is 11.7. The molecule has 0 aromatic heterocycles. The van der Waals surface area contributed by atoms with Gasteiger partial charge in [-0.3, -0.25) is 4.79 Å². The average Bonchev–Trinajstić information content (AvgIpc) is 2.37. The van der Waals surface area contributed by atoms with Gasteiger partial charge in [-0.05, 0) is 38.0 Å². The number of hydrogen-bond donors (Lipinski definition) is 3. The van der Waals surface area contributed by atoms with Crippen molar-refractivity contribution in [3.8, 4) is 5.75 Å². The van der Waals surface area contributed by atoms with E-state index in [1.807, 2.05) is 24.3 Å². The molecule has 0 saturated heterocycles. The Hall–Kier alpha value is -2.24. The number of nitrogens with one attached hydrogen (secondary N) is 2. The van der Waals surface area contributed by atoms with Crippen LogP contribution in [0, 0.1) is 0 Å². The minimum absolute atomic E-state index is 0.126. The molecule has 0 fully saturated rings. The predicted molar refractivity (Wildman–Crippen MR) is 79.6 cm³/mol. The molecule has 0 bridgehead atoms. The van der Waals surface area contributed by atoms with Gasteiger partial charge in [-0.25, -0.2) is 4.79 Å². The Bertz CT molecular complexity index is 483. The molecule has 3 N–H and O–H groups in total. The zero-order valence-corrected chi connectivity index (χ0v) is 12.6. The quantitative estimate of drug-likeness (QED) is 0.715. The highest BCUT2D eigenvalue weighted by Crippen LogP contribution is 2.11. The lowest BCUT2D eigenvalue weighted by atomic mass is 10.0. The first kappa shape index (κ1) is 16.8. The van der Waals surface area contributed by atoms with E-state index in [-0.39, 0.29) is 12.5 Å². The van der Waals surface area contributed by atoms with Gasteiger partial charge in [0, 0.05) is 12.1 Å². The van der Waals surface area contributed by atoms with Crippen LogP contribution in [0.5, 0.6) is 5.75 Å². The largest absolute Gasteiger partial charge is 0.497 e. The van der Waals surface area contributed by atoms with E-state index in [4.69, 9.17) is 9.84 Å². The van der Waals surface area contributed by atoms with Crippen LogP contribution in [-0.2, 0) is 11.2 Å². The Labute approximate surface area is 124 Å². The third kappa shape index (κ3) is 6.65. The number of methoxy groups -OCH3 is 1. The molecular weight excluding hydrogens is 272 g/mol. The van der Waals surface area contributed by atoms with Crippen molar-refractivity contribution < 1.29 is 19.4 Å². The maximum atomic E-state index is 11.7. The van der Waals surface area contributed by atoms with E-state index in [9.17, 15) is 9.59 Å². The lowest BCUT2D eigenvalue weighted by Crippen LogP contribution is -2.49. The second-order valence-electron chi connectivity index (χ2n) is 5.43. The van der Waals surface area contributed by atoms with Gasteiger partial charge in [0.1, 0.15) is 5.75 Å². The third-order valence-electron chi connectivity index (χ3n) is 2.90. The molecule has 2 amide bonds. The number of carbonyl (C=O) groups is 2. The standard InChI is InChI=1S/C15H22N2O4/c1-15(2,10-13(18)19)17-14(20)16-9-8-11-4-6-12(21-3)7-5-11/h4-7H,8-10H2,1-3H3,(H,18,19)(H2,16,17,20). The molecule has 0 saturated carbocycles. The second-order valence-corrected chi connectivity index (χ2v) is 5.43. The van der Waals surface area contributed by atoms with Crippen LogP contribution in [0.2, 0.25) is 0 Å². The highest BCUT2D eigenvalue weighted by atomic mass is 16.5. The van der Waals surface area contributed by atoms with Crippen LogP contribution in [-0.4, -0.2) is 36.3 Å². The predicted octanol–water partition coefficient (Wildman–Crippen LogP) is 1.79. The van der Waals surface area contributed by atoms with Crippen molar-refractivity contribution in [3.63, 3.8) is 0 Å². The molecule has 1 aromatic carbocycles. The Morgan fingerprint density at radius 2 is 1.86 bits per heavy atom. The monoisotopic (exact) mass is 294 g/mol. The Morgan fingerprint density at radius 3 is 2.38 bits per heavy atom. The third-order valence-corrected chi connectivity index (χ3v) is 2.90. The van der Waals surface area contributed by atoms with Crippen LogP contribution in [0.3, 0.4) is 0 Å². The van der Waals surface area contributed by atoms with E-state index in [0.717, 1.165) is 11.3 Å². The molecule has 0 spiro atoms. The summed E-state index contributed by atoms with van der Waals surface area (Å²) >= 11 is 0. The molecule has 0 aliphatic heterocycles. The van der Waals surface area contributed by atoms with Crippen LogP contribution < -0.4 is 15.4 Å². The highest BCUT2D eigenvalue weighted by Gasteiger charge is 2.23. The van der Waals surface area contributed by atoms with E-state index in [0.29, 0.717) is 13.0 Å². The van der Waals surface area contributed by atoms with Crippen molar-refractivity contribution >= 4 is 12.0 Å². The zero-order valence-electron chi connectivity index (χ0n) is 12.6. The lowest BCUT2D eigenvalue weighted by Gasteiger charge is -2.24. The van der Waals surface area contributed by atoms with Gasteiger partial charge in [-0.2, -0.15) is 0 Å². The number of carboxylic acid groups (broad SMARTS) is 1. The van der Waals surface area contributed by atoms with Crippen molar-refractivity contribution in [1.82, 2.24) is 10.6 Å². The molecule has 0 aliphatic rings. The first-order valence-electron chi connectivity index (χ1n) is 6.73. The molecule has 6 nitrogen and oxygen atoms in total. The van der Waals surface area contributed by atoms with Gasteiger partial charge in [-0.15, -0.1) is 0 Å². The number of urea groups is 1. The van der Waals surface area contributed by atoms with E-state index >= 15 is 0 Å². The SMILES string of the molecule is COc1ccc(CCNC(=O)NC(C)(C)CC(=O)O)cc1. The van der Waals surface area contributed by atoms with Gasteiger partial charge in [-0.1, -0.05) is 12.1 Å². The Morgan fingerprint density at radius 1 is 1.24 bits per heavy atom. The number of hydrogen-bond acceptors (Lipinski definition) is 3. The molecule has 0 radical (unpaired) electrons. The molecule has 0 aliphatic carbocycles. The average molecular weight is 294 g/mol. The molecule has 1 aromatic rings. The molecular formula is C15H22N2O4. The number of ether oxygens (including phenoxy) is 1. The maximum Gasteiger partial charge on any atom is 0.315 e. The lowest BCUT2D eigenvalue weighted by molar-refractivity contribution is -0.138. The minimum Gasteiger partial charge on any atom is -0.497 e. The number of carbonyl (C=O) groups excluding carboxylic acids is 1. The minimum atomic E-state index is -0.946. The number of carboxylic acids is 1. The summed E-state index contributed by atoms with van der Waals surface area (Å²) in [6.45, 7) is 3.82. The number of rotatable bonds is 7. The van der Waals surface area contributed by atoms with E-state index < -0.39 is 11.5 Å². The summed E-state index contributed by atoms with van der Waals surface area (Å²) < 4.78 is 5.07. The number of amides is 2. The van der Waals surface area contributed by atoms with Crippen molar-refractivity contribution in [2.45, 2.75) is 32.2 Å². The normalized spacial score (nSPS) is 10.8. The highest BCUT2D eigenvalue weighted by molar-refractivity contribution is 5.76. The van der Waals surface area contributed by atoms with Crippen LogP contribution in [0.25, 0.3) is 0 Å². The number of benzene rings is 1. The van der Waals surface area contributed by atoms with Crippen molar-refractivity contribution in [1.29, 1.82) is 0 Å². The summed E-state index contributed by atoms with van der Waals surface area (Å²) in [7, 11) is 1.61. The summed E-state index contributed by atoms with van der Waals surface area (Å²) in [6, 6.07) is 7.24. The van der Waals surface area contributed by atoms with Gasteiger partial charge < -0.3 is 20.5 Å². The van der Waals surface area contributed by atoms with Crippen LogP contribution in [0.15, 0.2) is 24.3 Å². The molecule has 0 heterocycles. The van der Waals surface area contributed by atoms with E-state index in [2.05, 4.69) is 10.6 Å². The first-order chi connectivity index (χ1) is 9.82. The summed E-state index contributed by atoms with van der Waals surface area (Å²) in [4.78, 5) is 22.4. The molecule has 116 valence electrons. The Kier molecular flexibility index (Phi) is 6.02. The van der Waals surface area contributed by atoms with Gasteiger partial charge in [0.15, 0.2) is 0 Å². The molecule has 21 heavy (non-hydrogen) atoms. The van der Waals surface area contributed by atoms with Crippen molar-refractivity contribution in [2.75, 3.05) is 13.7 Å². The van der Waals surface area contributed by atoms with Crippen molar-refractivity contribution in [2.24, 2.45) is 0 Å². The fourth-order valence-corrected chi connectivity index (χ4v) is 1.89. The topological polar surface area (TPSA) is 87.7 Å². The fraction of sp³-hybridized carbons (Fsp3) is 0.467.